The molecular formula is C14H17N3O. The van der Waals surface area contributed by atoms with Crippen molar-refractivity contribution in [2.24, 2.45) is 0 Å². The summed E-state index contributed by atoms with van der Waals surface area (Å²) in [5.74, 6) is 0.0692. The van der Waals surface area contributed by atoms with Crippen LogP contribution in [0.1, 0.15) is 17.5 Å². The Morgan fingerprint density at radius 1 is 1.50 bits per heavy atom. The minimum Gasteiger partial charge on any atom is -0.343 e. The van der Waals surface area contributed by atoms with Crippen LogP contribution in [-0.2, 0) is 17.8 Å². The molecule has 0 aromatic heterocycles. The van der Waals surface area contributed by atoms with E-state index in [1.807, 2.05) is 12.1 Å². The number of hydrogen-bond acceptors (Lipinski definition) is 3. The van der Waals surface area contributed by atoms with Gasteiger partial charge in [0.25, 0.3) is 0 Å². The van der Waals surface area contributed by atoms with Gasteiger partial charge in [0.15, 0.2) is 0 Å². The lowest BCUT2D eigenvalue weighted by Gasteiger charge is -2.28. The van der Waals surface area contributed by atoms with Gasteiger partial charge in [0.2, 0.25) is 5.91 Å². The standard InChI is InChI=1S/C14H17N3O/c1-17(8-4-7-15)14(18)13-9-11-5-2-3-6-12(11)10-16-13/h2-3,5-6,13,16H,4,8-10H2,1H3/t13-/m0/s1. The van der Waals surface area contributed by atoms with Crippen molar-refractivity contribution < 1.29 is 4.79 Å². The van der Waals surface area contributed by atoms with Gasteiger partial charge in [0.1, 0.15) is 0 Å². The fourth-order valence-corrected chi connectivity index (χ4v) is 2.22. The normalized spacial score (nSPS) is 17.7. The first-order valence-electron chi connectivity index (χ1n) is 6.14. The molecule has 0 aliphatic carbocycles. The molecule has 1 aromatic rings. The Morgan fingerprint density at radius 2 is 2.22 bits per heavy atom. The van der Waals surface area contributed by atoms with Gasteiger partial charge >= 0.3 is 0 Å². The van der Waals surface area contributed by atoms with Crippen molar-refractivity contribution in [2.75, 3.05) is 13.6 Å². The molecular weight excluding hydrogens is 226 g/mol. The molecule has 0 bridgehead atoms. The summed E-state index contributed by atoms with van der Waals surface area (Å²) in [6, 6.07) is 10.1. The van der Waals surface area contributed by atoms with Crippen molar-refractivity contribution >= 4 is 5.91 Å². The van der Waals surface area contributed by atoms with E-state index in [0.29, 0.717) is 13.0 Å². The first-order chi connectivity index (χ1) is 8.72. The molecule has 1 heterocycles. The fourth-order valence-electron chi connectivity index (χ4n) is 2.22. The first-order valence-corrected chi connectivity index (χ1v) is 6.14. The van der Waals surface area contributed by atoms with Crippen molar-refractivity contribution in [1.82, 2.24) is 10.2 Å². The number of carbonyl (C=O) groups is 1. The fraction of sp³-hybridized carbons (Fsp3) is 0.429. The van der Waals surface area contributed by atoms with Gasteiger partial charge in [0, 0.05) is 20.1 Å². The second-order valence-corrected chi connectivity index (χ2v) is 4.57. The Bertz CT molecular complexity index is 478. The summed E-state index contributed by atoms with van der Waals surface area (Å²) < 4.78 is 0. The Balaban J connectivity index is 2.00. The smallest absolute Gasteiger partial charge is 0.239 e. The molecule has 18 heavy (non-hydrogen) atoms. The quantitative estimate of drug-likeness (QED) is 0.864. The summed E-state index contributed by atoms with van der Waals surface area (Å²) in [4.78, 5) is 13.8. The van der Waals surface area contributed by atoms with E-state index in [1.165, 1.54) is 11.1 Å². The number of carbonyl (C=O) groups excluding carboxylic acids is 1. The minimum atomic E-state index is -0.163. The number of nitrogens with zero attached hydrogens (tertiary/aromatic N) is 2. The molecule has 2 rings (SSSR count). The van der Waals surface area contributed by atoms with Crippen LogP contribution in [-0.4, -0.2) is 30.4 Å². The van der Waals surface area contributed by atoms with E-state index in [9.17, 15) is 4.79 Å². The second kappa shape index (κ2) is 5.65. The molecule has 94 valence electrons. The molecule has 0 fully saturated rings. The number of fused-ring (bicyclic) bond motifs is 1. The number of rotatable bonds is 3. The third kappa shape index (κ3) is 2.69. The SMILES string of the molecule is CN(CCC#N)C(=O)[C@@H]1Cc2ccccc2CN1. The molecule has 1 aliphatic heterocycles. The van der Waals surface area contributed by atoms with Gasteiger partial charge in [-0.05, 0) is 17.5 Å². The highest BCUT2D eigenvalue weighted by Crippen LogP contribution is 2.17. The molecule has 4 heteroatoms. The van der Waals surface area contributed by atoms with Crippen LogP contribution in [0.4, 0.5) is 0 Å². The molecule has 4 nitrogen and oxygen atoms in total. The van der Waals surface area contributed by atoms with Gasteiger partial charge in [-0.2, -0.15) is 5.26 Å². The lowest BCUT2D eigenvalue weighted by molar-refractivity contribution is -0.132. The predicted octanol–water partition coefficient (Wildman–Crippen LogP) is 1.07. The molecule has 0 saturated carbocycles. The Labute approximate surface area is 107 Å². The maximum absolute atomic E-state index is 12.2. The van der Waals surface area contributed by atoms with E-state index in [2.05, 4.69) is 23.5 Å². The van der Waals surface area contributed by atoms with Gasteiger partial charge in [-0.15, -0.1) is 0 Å². The van der Waals surface area contributed by atoms with Crippen molar-refractivity contribution in [3.8, 4) is 6.07 Å². The van der Waals surface area contributed by atoms with Crippen LogP contribution in [0.2, 0.25) is 0 Å². The number of hydrogen-bond donors (Lipinski definition) is 1. The highest BCUT2D eigenvalue weighted by molar-refractivity contribution is 5.82. The molecule has 0 unspecified atom stereocenters. The zero-order chi connectivity index (χ0) is 13.0. The highest BCUT2D eigenvalue weighted by atomic mass is 16.2. The second-order valence-electron chi connectivity index (χ2n) is 4.57. The van der Waals surface area contributed by atoms with Gasteiger partial charge < -0.3 is 10.2 Å². The molecule has 1 aliphatic rings. The summed E-state index contributed by atoms with van der Waals surface area (Å²) in [7, 11) is 1.75. The number of likely N-dealkylation sites (N-methyl/N-ethyl adjacent to an activating group) is 1. The van der Waals surface area contributed by atoms with Gasteiger partial charge in [0.05, 0.1) is 18.5 Å². The molecule has 1 amide bonds. The molecule has 0 spiro atoms. The van der Waals surface area contributed by atoms with Crippen LogP contribution in [0, 0.1) is 11.3 Å². The predicted molar refractivity (Wildman–Crippen MR) is 68.6 cm³/mol. The maximum Gasteiger partial charge on any atom is 0.239 e. The number of amides is 1. The van der Waals surface area contributed by atoms with Crippen LogP contribution in [0.25, 0.3) is 0 Å². The van der Waals surface area contributed by atoms with Gasteiger partial charge in [-0.1, -0.05) is 24.3 Å². The molecule has 1 N–H and O–H groups in total. The van der Waals surface area contributed by atoms with Crippen LogP contribution in [0.3, 0.4) is 0 Å². The molecule has 1 aromatic carbocycles. The van der Waals surface area contributed by atoms with Gasteiger partial charge in [-0.25, -0.2) is 0 Å². The van der Waals surface area contributed by atoms with Crippen molar-refractivity contribution in [3.63, 3.8) is 0 Å². The van der Waals surface area contributed by atoms with E-state index < -0.39 is 0 Å². The Hall–Kier alpha value is -1.86. The van der Waals surface area contributed by atoms with Crippen LogP contribution < -0.4 is 5.32 Å². The van der Waals surface area contributed by atoms with E-state index in [0.717, 1.165) is 13.0 Å². The zero-order valence-electron chi connectivity index (χ0n) is 10.5. The average molecular weight is 243 g/mol. The molecule has 0 saturated heterocycles. The third-order valence-corrected chi connectivity index (χ3v) is 3.31. The van der Waals surface area contributed by atoms with Crippen LogP contribution >= 0.6 is 0 Å². The summed E-state index contributed by atoms with van der Waals surface area (Å²) in [6.45, 7) is 1.23. The summed E-state index contributed by atoms with van der Waals surface area (Å²) in [5, 5.41) is 11.8. The average Bonchev–Trinajstić information content (AvgIpc) is 2.43. The third-order valence-electron chi connectivity index (χ3n) is 3.31. The van der Waals surface area contributed by atoms with E-state index in [1.54, 1.807) is 11.9 Å². The summed E-state index contributed by atoms with van der Waals surface area (Å²) >= 11 is 0. The van der Waals surface area contributed by atoms with Crippen molar-refractivity contribution in [2.45, 2.75) is 25.4 Å². The zero-order valence-corrected chi connectivity index (χ0v) is 10.5. The Morgan fingerprint density at radius 3 is 2.94 bits per heavy atom. The van der Waals surface area contributed by atoms with Crippen molar-refractivity contribution in [3.05, 3.63) is 35.4 Å². The van der Waals surface area contributed by atoms with E-state index in [-0.39, 0.29) is 11.9 Å². The number of benzene rings is 1. The first kappa shape index (κ1) is 12.6. The maximum atomic E-state index is 12.2. The topological polar surface area (TPSA) is 56.1 Å². The van der Waals surface area contributed by atoms with Crippen LogP contribution in [0.5, 0.6) is 0 Å². The lowest BCUT2D eigenvalue weighted by Crippen LogP contribution is -2.48. The highest BCUT2D eigenvalue weighted by Gasteiger charge is 2.25. The van der Waals surface area contributed by atoms with E-state index >= 15 is 0 Å². The summed E-state index contributed by atoms with van der Waals surface area (Å²) in [6.07, 6.45) is 1.11. The monoisotopic (exact) mass is 243 g/mol. The minimum absolute atomic E-state index is 0.0692. The summed E-state index contributed by atoms with van der Waals surface area (Å²) in [5.41, 5.74) is 2.50. The number of nitriles is 1. The lowest BCUT2D eigenvalue weighted by atomic mass is 9.95. The van der Waals surface area contributed by atoms with Gasteiger partial charge in [-0.3, -0.25) is 4.79 Å². The number of nitrogens with one attached hydrogen (secondary N) is 1. The van der Waals surface area contributed by atoms with E-state index in [4.69, 9.17) is 5.26 Å². The van der Waals surface area contributed by atoms with Crippen molar-refractivity contribution in [1.29, 1.82) is 5.26 Å². The molecule has 1 atom stereocenters. The van der Waals surface area contributed by atoms with Crippen LogP contribution in [0.15, 0.2) is 24.3 Å². The molecule has 0 radical (unpaired) electrons. The Kier molecular flexibility index (Phi) is 3.96. The largest absolute Gasteiger partial charge is 0.343 e.